The summed E-state index contributed by atoms with van der Waals surface area (Å²) >= 11 is 0. The van der Waals surface area contributed by atoms with Crippen LogP contribution in [0.2, 0.25) is 0 Å². The van der Waals surface area contributed by atoms with Gasteiger partial charge in [0.05, 0.1) is 17.3 Å². The average Bonchev–Trinajstić information content (AvgIpc) is 3.81. The Bertz CT molecular complexity index is 1880. The number of nitriles is 1. The van der Waals surface area contributed by atoms with Gasteiger partial charge in [0.25, 0.3) is 11.8 Å². The average molecular weight is 629 g/mol. The molecule has 0 bridgehead atoms. The summed E-state index contributed by atoms with van der Waals surface area (Å²) in [5.41, 5.74) is 4.06. The van der Waals surface area contributed by atoms with Gasteiger partial charge in [-0.15, -0.1) is 0 Å². The van der Waals surface area contributed by atoms with Crippen LogP contribution in [0.3, 0.4) is 0 Å². The van der Waals surface area contributed by atoms with Gasteiger partial charge in [0.1, 0.15) is 17.4 Å². The third-order valence-corrected chi connectivity index (χ3v) is 9.04. The molecule has 2 aromatic heterocycles. The molecule has 10 nitrogen and oxygen atoms in total. The van der Waals surface area contributed by atoms with E-state index in [0.29, 0.717) is 35.6 Å². The molecule has 238 valence electrons. The molecular weight excluding hydrogens is 592 g/mol. The van der Waals surface area contributed by atoms with E-state index in [4.69, 9.17) is 14.4 Å². The van der Waals surface area contributed by atoms with Crippen LogP contribution in [0, 0.1) is 11.3 Å². The van der Waals surface area contributed by atoms with Crippen molar-refractivity contribution in [1.82, 2.24) is 24.9 Å². The van der Waals surface area contributed by atoms with Crippen molar-refractivity contribution in [1.29, 1.82) is 5.26 Å². The standard InChI is InChI=1S/C37H36N6O4/c38-24-26-2-4-27(5-3-26)25-41-18-12-30(13-19-41)40-36(44)35-23-29-22-33(10-11-34(29)47-35)46-32-14-20-42(21-15-32)37(45)28-6-8-31(9-7-28)43-17-1-16-39-43/h1-11,16-17,22-23,30,32H,12-15,18-21,25H2,(H,40,44). The summed E-state index contributed by atoms with van der Waals surface area (Å²) in [6.45, 7) is 3.85. The topological polar surface area (TPSA) is 117 Å². The molecule has 0 spiro atoms. The van der Waals surface area contributed by atoms with Crippen LogP contribution < -0.4 is 10.1 Å². The second kappa shape index (κ2) is 13.5. The molecule has 0 atom stereocenters. The number of nitrogens with one attached hydrogen (secondary N) is 1. The number of benzene rings is 3. The lowest BCUT2D eigenvalue weighted by molar-refractivity contribution is 0.0595. The molecule has 0 unspecified atom stereocenters. The number of furan rings is 1. The highest BCUT2D eigenvalue weighted by Crippen LogP contribution is 2.27. The number of carbonyl (C=O) groups excluding carboxylic acids is 2. The van der Waals surface area contributed by atoms with Crippen LogP contribution in [0.4, 0.5) is 0 Å². The van der Waals surface area contributed by atoms with Crippen LogP contribution >= 0.6 is 0 Å². The number of amides is 2. The van der Waals surface area contributed by atoms with Gasteiger partial charge < -0.3 is 19.4 Å². The maximum absolute atomic E-state index is 13.1. The van der Waals surface area contributed by atoms with Crippen molar-refractivity contribution in [2.75, 3.05) is 26.2 Å². The molecule has 4 heterocycles. The second-order valence-corrected chi connectivity index (χ2v) is 12.2. The third-order valence-electron chi connectivity index (χ3n) is 9.04. The monoisotopic (exact) mass is 628 g/mol. The second-order valence-electron chi connectivity index (χ2n) is 12.2. The smallest absolute Gasteiger partial charge is 0.287 e. The summed E-state index contributed by atoms with van der Waals surface area (Å²) in [4.78, 5) is 30.4. The SMILES string of the molecule is N#Cc1ccc(CN2CCC(NC(=O)c3cc4cc(OC5CCN(C(=O)c6ccc(-n7cccn7)cc6)CC5)ccc4o3)CC2)cc1. The van der Waals surface area contributed by atoms with Gasteiger partial charge in [0.2, 0.25) is 0 Å². The number of rotatable bonds is 8. The van der Waals surface area contributed by atoms with Crippen LogP contribution in [0.25, 0.3) is 16.7 Å². The summed E-state index contributed by atoms with van der Waals surface area (Å²) in [6, 6.07) is 26.7. The Morgan fingerprint density at radius 1 is 0.936 bits per heavy atom. The highest BCUT2D eigenvalue weighted by molar-refractivity contribution is 5.96. The Kier molecular flexibility index (Phi) is 8.71. The molecule has 2 aliphatic heterocycles. The van der Waals surface area contributed by atoms with Crippen molar-refractivity contribution >= 4 is 22.8 Å². The molecule has 47 heavy (non-hydrogen) atoms. The summed E-state index contributed by atoms with van der Waals surface area (Å²) in [7, 11) is 0. The number of carbonyl (C=O) groups is 2. The summed E-state index contributed by atoms with van der Waals surface area (Å²) in [6.07, 6.45) is 6.79. The van der Waals surface area contributed by atoms with E-state index in [1.807, 2.05) is 83.9 Å². The minimum absolute atomic E-state index is 0.00357. The van der Waals surface area contributed by atoms with E-state index >= 15 is 0 Å². The minimum atomic E-state index is -0.206. The van der Waals surface area contributed by atoms with E-state index in [2.05, 4.69) is 21.4 Å². The van der Waals surface area contributed by atoms with Crippen LogP contribution in [-0.4, -0.2) is 69.7 Å². The number of fused-ring (bicyclic) bond motifs is 1. The zero-order valence-electron chi connectivity index (χ0n) is 26.0. The predicted octanol–water partition coefficient (Wildman–Crippen LogP) is 5.57. The van der Waals surface area contributed by atoms with E-state index < -0.39 is 0 Å². The molecule has 10 heteroatoms. The largest absolute Gasteiger partial charge is 0.490 e. The fourth-order valence-electron chi connectivity index (χ4n) is 6.37. The highest BCUT2D eigenvalue weighted by Gasteiger charge is 2.26. The Balaban J connectivity index is 0.880. The third kappa shape index (κ3) is 7.05. The van der Waals surface area contributed by atoms with Crippen LogP contribution in [-0.2, 0) is 6.54 Å². The number of aromatic nitrogens is 2. The molecule has 0 radical (unpaired) electrons. The fraction of sp³-hybridized carbons (Fsp3) is 0.297. The maximum Gasteiger partial charge on any atom is 0.287 e. The van der Waals surface area contributed by atoms with Gasteiger partial charge >= 0.3 is 0 Å². The van der Waals surface area contributed by atoms with Crippen molar-refractivity contribution in [2.45, 2.75) is 44.4 Å². The normalized spacial score (nSPS) is 16.2. The molecule has 3 aromatic carbocycles. The zero-order chi connectivity index (χ0) is 32.2. The number of nitrogens with zero attached hydrogens (tertiary/aromatic N) is 5. The van der Waals surface area contributed by atoms with Gasteiger partial charge in [-0.3, -0.25) is 14.5 Å². The number of piperidine rings is 2. The van der Waals surface area contributed by atoms with E-state index in [0.717, 1.165) is 62.1 Å². The fourth-order valence-corrected chi connectivity index (χ4v) is 6.37. The first kappa shape index (κ1) is 30.3. The van der Waals surface area contributed by atoms with E-state index in [9.17, 15) is 9.59 Å². The molecule has 2 saturated heterocycles. The van der Waals surface area contributed by atoms with Crippen molar-refractivity contribution in [3.8, 4) is 17.5 Å². The number of ether oxygens (including phenoxy) is 1. The van der Waals surface area contributed by atoms with E-state index in [-0.39, 0.29) is 24.0 Å². The van der Waals surface area contributed by atoms with Gasteiger partial charge in [-0.1, -0.05) is 12.1 Å². The highest BCUT2D eigenvalue weighted by atomic mass is 16.5. The Morgan fingerprint density at radius 3 is 2.40 bits per heavy atom. The molecule has 7 rings (SSSR count). The predicted molar refractivity (Wildman–Crippen MR) is 176 cm³/mol. The van der Waals surface area contributed by atoms with Crippen molar-refractivity contribution < 1.29 is 18.7 Å². The zero-order valence-corrected chi connectivity index (χ0v) is 26.0. The summed E-state index contributed by atoms with van der Waals surface area (Å²) in [5, 5.41) is 17.2. The molecule has 0 saturated carbocycles. The Morgan fingerprint density at radius 2 is 1.70 bits per heavy atom. The summed E-state index contributed by atoms with van der Waals surface area (Å²) < 4.78 is 14.0. The minimum Gasteiger partial charge on any atom is -0.490 e. The van der Waals surface area contributed by atoms with Gasteiger partial charge in [0.15, 0.2) is 5.76 Å². The first-order valence-corrected chi connectivity index (χ1v) is 16.1. The number of hydrogen-bond donors (Lipinski definition) is 1. The number of likely N-dealkylation sites (tertiary alicyclic amines) is 2. The maximum atomic E-state index is 13.1. The lowest BCUT2D eigenvalue weighted by Gasteiger charge is -2.32. The Hall–Kier alpha value is -5.40. The number of hydrogen-bond acceptors (Lipinski definition) is 7. The van der Waals surface area contributed by atoms with Gasteiger partial charge in [-0.05, 0) is 85.1 Å². The van der Waals surface area contributed by atoms with Crippen molar-refractivity contribution in [2.24, 2.45) is 0 Å². The van der Waals surface area contributed by atoms with Gasteiger partial charge in [0, 0.05) is 75.0 Å². The molecular formula is C37H36N6O4. The Labute approximate surface area is 273 Å². The lowest BCUT2D eigenvalue weighted by Crippen LogP contribution is -2.44. The van der Waals surface area contributed by atoms with Crippen LogP contribution in [0.1, 0.15) is 57.7 Å². The molecule has 5 aromatic rings. The van der Waals surface area contributed by atoms with Gasteiger partial charge in [-0.2, -0.15) is 10.4 Å². The van der Waals surface area contributed by atoms with E-state index in [1.54, 1.807) is 16.9 Å². The van der Waals surface area contributed by atoms with Crippen LogP contribution in [0.5, 0.6) is 5.75 Å². The van der Waals surface area contributed by atoms with Crippen LogP contribution in [0.15, 0.2) is 95.7 Å². The molecule has 2 aliphatic rings. The molecule has 0 aliphatic carbocycles. The first-order valence-electron chi connectivity index (χ1n) is 16.1. The van der Waals surface area contributed by atoms with E-state index in [1.165, 1.54) is 5.56 Å². The van der Waals surface area contributed by atoms with Crippen molar-refractivity contribution in [3.05, 3.63) is 114 Å². The van der Waals surface area contributed by atoms with Gasteiger partial charge in [-0.25, -0.2) is 4.68 Å². The molecule has 1 N–H and O–H groups in total. The first-order chi connectivity index (χ1) is 23.0. The molecule has 2 fully saturated rings. The molecule has 2 amide bonds. The summed E-state index contributed by atoms with van der Waals surface area (Å²) in [5.74, 6) is 0.831. The van der Waals surface area contributed by atoms with Crippen molar-refractivity contribution in [3.63, 3.8) is 0 Å². The lowest BCUT2D eigenvalue weighted by atomic mass is 10.0. The quantitative estimate of drug-likeness (QED) is 0.239.